The quantitative estimate of drug-likeness (QED) is 0.736. The molecule has 0 N–H and O–H groups in total. The number of aryl methyl sites for hydroxylation is 2. The number of rotatable bonds is 5. The molecule has 1 atom stereocenters. The van der Waals surface area contributed by atoms with Gasteiger partial charge in [0, 0.05) is 54.6 Å². The fourth-order valence-electron chi connectivity index (χ4n) is 4.56. The molecular formula is C24H31FN4O2. The molecule has 0 unspecified atom stereocenters. The van der Waals surface area contributed by atoms with E-state index < -0.39 is 0 Å². The van der Waals surface area contributed by atoms with E-state index in [1.807, 2.05) is 30.9 Å². The van der Waals surface area contributed by atoms with Gasteiger partial charge < -0.3 is 9.64 Å². The summed E-state index contributed by atoms with van der Waals surface area (Å²) in [6, 6.07) is 6.97. The third kappa shape index (κ3) is 5.28. The lowest BCUT2D eigenvalue weighted by Crippen LogP contribution is -2.41. The van der Waals surface area contributed by atoms with E-state index in [9.17, 15) is 9.18 Å². The molecule has 166 valence electrons. The van der Waals surface area contributed by atoms with Crippen molar-refractivity contribution < 1.29 is 13.9 Å². The Kier molecular flexibility index (Phi) is 6.92. The summed E-state index contributed by atoms with van der Waals surface area (Å²) in [7, 11) is 0. The number of halogens is 1. The van der Waals surface area contributed by atoms with Gasteiger partial charge in [-0.25, -0.2) is 14.4 Å². The molecule has 0 bridgehead atoms. The van der Waals surface area contributed by atoms with Gasteiger partial charge in [0.15, 0.2) is 0 Å². The van der Waals surface area contributed by atoms with Crippen molar-refractivity contribution in [3.63, 3.8) is 0 Å². The van der Waals surface area contributed by atoms with Crippen LogP contribution < -0.4 is 0 Å². The Labute approximate surface area is 183 Å². The Morgan fingerprint density at radius 2 is 1.84 bits per heavy atom. The fourth-order valence-corrected chi connectivity index (χ4v) is 4.56. The van der Waals surface area contributed by atoms with Gasteiger partial charge in [0.2, 0.25) is 5.91 Å². The van der Waals surface area contributed by atoms with Crippen molar-refractivity contribution in [3.05, 3.63) is 58.4 Å². The molecule has 6 nitrogen and oxygen atoms in total. The van der Waals surface area contributed by atoms with E-state index in [4.69, 9.17) is 14.7 Å². The van der Waals surface area contributed by atoms with E-state index in [0.717, 1.165) is 54.3 Å². The second kappa shape index (κ2) is 9.83. The molecule has 2 saturated heterocycles. The Morgan fingerprint density at radius 3 is 2.55 bits per heavy atom. The second-order valence-electron chi connectivity index (χ2n) is 8.57. The van der Waals surface area contributed by atoms with Crippen LogP contribution in [0.3, 0.4) is 0 Å². The average molecular weight is 427 g/mol. The number of carbonyl (C=O) groups is 1. The molecule has 0 aliphatic carbocycles. The van der Waals surface area contributed by atoms with Gasteiger partial charge in [-0.05, 0) is 39.3 Å². The summed E-state index contributed by atoms with van der Waals surface area (Å²) in [5, 5.41) is 0. The highest BCUT2D eigenvalue weighted by Crippen LogP contribution is 2.27. The van der Waals surface area contributed by atoms with Crippen molar-refractivity contribution in [2.75, 3.05) is 39.4 Å². The van der Waals surface area contributed by atoms with Crippen molar-refractivity contribution >= 4 is 5.91 Å². The monoisotopic (exact) mass is 426 g/mol. The fraction of sp³-hybridized carbons (Fsp3) is 0.542. The van der Waals surface area contributed by atoms with Crippen LogP contribution in [0.2, 0.25) is 0 Å². The van der Waals surface area contributed by atoms with Crippen LogP contribution >= 0.6 is 0 Å². The van der Waals surface area contributed by atoms with Crippen molar-refractivity contribution in [2.24, 2.45) is 0 Å². The lowest BCUT2D eigenvalue weighted by atomic mass is 9.95. The number of likely N-dealkylation sites (tertiary alicyclic amines) is 1. The number of piperidine rings is 1. The molecule has 1 aromatic carbocycles. The SMILES string of the molecule is Cc1nc([C@@H]2CCCN(Cc3ccccc3F)C2)nc(C)c1CC(=O)N1CCOCC1. The van der Waals surface area contributed by atoms with Crippen LogP contribution in [0, 0.1) is 19.7 Å². The summed E-state index contributed by atoms with van der Waals surface area (Å²) >= 11 is 0. The van der Waals surface area contributed by atoms with E-state index in [2.05, 4.69) is 4.90 Å². The largest absolute Gasteiger partial charge is 0.378 e. The summed E-state index contributed by atoms with van der Waals surface area (Å²) in [5.41, 5.74) is 3.43. The van der Waals surface area contributed by atoms with Gasteiger partial charge in [-0.2, -0.15) is 0 Å². The molecule has 3 heterocycles. The summed E-state index contributed by atoms with van der Waals surface area (Å²) < 4.78 is 19.4. The number of aromatic nitrogens is 2. The minimum Gasteiger partial charge on any atom is -0.378 e. The molecule has 2 aliphatic heterocycles. The number of ether oxygens (including phenoxy) is 1. The zero-order chi connectivity index (χ0) is 21.8. The highest BCUT2D eigenvalue weighted by molar-refractivity contribution is 5.79. The molecule has 1 aromatic heterocycles. The summed E-state index contributed by atoms with van der Waals surface area (Å²) in [6.45, 7) is 8.82. The lowest BCUT2D eigenvalue weighted by Gasteiger charge is -2.32. The lowest BCUT2D eigenvalue weighted by molar-refractivity contribution is -0.134. The van der Waals surface area contributed by atoms with Gasteiger partial charge in [0.05, 0.1) is 19.6 Å². The first-order valence-electron chi connectivity index (χ1n) is 11.2. The summed E-state index contributed by atoms with van der Waals surface area (Å²) in [4.78, 5) is 26.4. The third-order valence-corrected chi connectivity index (χ3v) is 6.35. The second-order valence-corrected chi connectivity index (χ2v) is 8.57. The number of benzene rings is 1. The van der Waals surface area contributed by atoms with Crippen molar-refractivity contribution in [2.45, 2.75) is 45.6 Å². The number of amides is 1. The highest BCUT2D eigenvalue weighted by atomic mass is 19.1. The van der Waals surface area contributed by atoms with Crippen molar-refractivity contribution in [1.29, 1.82) is 0 Å². The zero-order valence-electron chi connectivity index (χ0n) is 18.4. The van der Waals surface area contributed by atoms with Crippen LogP contribution in [0.5, 0.6) is 0 Å². The zero-order valence-corrected chi connectivity index (χ0v) is 18.4. The minimum atomic E-state index is -0.151. The van der Waals surface area contributed by atoms with Crippen molar-refractivity contribution in [1.82, 2.24) is 19.8 Å². The Bertz CT molecular complexity index is 907. The van der Waals surface area contributed by atoms with Crippen molar-refractivity contribution in [3.8, 4) is 0 Å². The molecule has 2 aromatic rings. The van der Waals surface area contributed by atoms with Gasteiger partial charge in [-0.1, -0.05) is 18.2 Å². The Balaban J connectivity index is 1.44. The van der Waals surface area contributed by atoms with Gasteiger partial charge in [0.25, 0.3) is 0 Å². The number of morpholine rings is 1. The Morgan fingerprint density at radius 1 is 1.13 bits per heavy atom. The predicted molar refractivity (Wildman–Crippen MR) is 116 cm³/mol. The van der Waals surface area contributed by atoms with Gasteiger partial charge in [-0.3, -0.25) is 9.69 Å². The van der Waals surface area contributed by atoms with E-state index >= 15 is 0 Å². The van der Waals surface area contributed by atoms with Crippen LogP contribution in [0.1, 0.15) is 47.1 Å². The molecule has 1 amide bonds. The van der Waals surface area contributed by atoms with Crippen LogP contribution in [0.15, 0.2) is 24.3 Å². The maximum absolute atomic E-state index is 14.1. The molecular weight excluding hydrogens is 395 g/mol. The third-order valence-electron chi connectivity index (χ3n) is 6.35. The molecule has 0 spiro atoms. The van der Waals surface area contributed by atoms with E-state index in [0.29, 0.717) is 39.3 Å². The smallest absolute Gasteiger partial charge is 0.227 e. The molecule has 2 aliphatic rings. The summed E-state index contributed by atoms with van der Waals surface area (Å²) in [6.07, 6.45) is 2.40. The first-order valence-corrected chi connectivity index (χ1v) is 11.2. The van der Waals surface area contributed by atoms with E-state index in [1.54, 1.807) is 6.07 Å². The number of nitrogens with zero attached hydrogens (tertiary/aromatic N) is 4. The molecule has 4 rings (SSSR count). The highest BCUT2D eigenvalue weighted by Gasteiger charge is 2.26. The minimum absolute atomic E-state index is 0.111. The predicted octanol–water partition coefficient (Wildman–Crippen LogP) is 3.01. The number of carbonyl (C=O) groups excluding carboxylic acids is 1. The normalized spacial score (nSPS) is 20.1. The van der Waals surface area contributed by atoms with Gasteiger partial charge in [-0.15, -0.1) is 0 Å². The standard InChI is InChI=1S/C24H31FN4O2/c1-17-21(14-23(30)29-10-12-31-13-11-29)18(2)27-24(26-17)20-7-5-9-28(16-20)15-19-6-3-4-8-22(19)25/h3-4,6,8,20H,5,7,9-16H2,1-2H3/t20-/m1/s1. The Hall–Kier alpha value is -2.38. The topological polar surface area (TPSA) is 58.6 Å². The first kappa shape index (κ1) is 21.8. The van der Waals surface area contributed by atoms with Gasteiger partial charge >= 0.3 is 0 Å². The van der Waals surface area contributed by atoms with Crippen LogP contribution in [0.25, 0.3) is 0 Å². The number of hydrogen-bond donors (Lipinski definition) is 0. The molecule has 31 heavy (non-hydrogen) atoms. The van der Waals surface area contributed by atoms with E-state index in [-0.39, 0.29) is 17.6 Å². The van der Waals surface area contributed by atoms with Crippen LogP contribution in [0.4, 0.5) is 4.39 Å². The van der Waals surface area contributed by atoms with E-state index in [1.165, 1.54) is 6.07 Å². The molecule has 0 radical (unpaired) electrons. The van der Waals surface area contributed by atoms with Crippen LogP contribution in [-0.2, 0) is 22.5 Å². The summed E-state index contributed by atoms with van der Waals surface area (Å²) in [5.74, 6) is 1.03. The maximum Gasteiger partial charge on any atom is 0.227 e. The van der Waals surface area contributed by atoms with Gasteiger partial charge in [0.1, 0.15) is 11.6 Å². The first-order chi connectivity index (χ1) is 15.0. The van der Waals surface area contributed by atoms with Crippen LogP contribution in [-0.4, -0.2) is 65.1 Å². The number of hydrogen-bond acceptors (Lipinski definition) is 5. The molecule has 2 fully saturated rings. The molecule has 7 heteroatoms. The average Bonchev–Trinajstić information content (AvgIpc) is 2.78. The maximum atomic E-state index is 14.1. The molecule has 0 saturated carbocycles.